The molecular formula is C34H24BN. The lowest BCUT2D eigenvalue weighted by Gasteiger charge is -2.37. The van der Waals surface area contributed by atoms with Crippen molar-refractivity contribution in [1.29, 1.82) is 0 Å². The van der Waals surface area contributed by atoms with Gasteiger partial charge in [0.2, 0.25) is 6.71 Å². The molecule has 1 nitrogen and oxygen atoms in total. The van der Waals surface area contributed by atoms with Crippen molar-refractivity contribution in [2.75, 3.05) is 4.90 Å². The SMILES string of the molecule is c1ccc(-c2ccc(N3c4ccccc4B(c4ccc5ccccc5c4)c4ccccc43)cc2)cc1. The first-order chi connectivity index (χ1) is 17.9. The van der Waals surface area contributed by atoms with Gasteiger partial charge >= 0.3 is 0 Å². The molecule has 7 rings (SSSR count). The van der Waals surface area contributed by atoms with Crippen LogP contribution in [0.1, 0.15) is 0 Å². The van der Waals surface area contributed by atoms with Crippen LogP contribution in [0.25, 0.3) is 21.9 Å². The van der Waals surface area contributed by atoms with Crippen LogP contribution in [-0.4, -0.2) is 6.71 Å². The van der Waals surface area contributed by atoms with E-state index in [0.29, 0.717) is 0 Å². The van der Waals surface area contributed by atoms with Crippen LogP contribution in [0, 0.1) is 0 Å². The fourth-order valence-electron chi connectivity index (χ4n) is 5.63. The molecule has 0 aromatic heterocycles. The number of rotatable bonds is 3. The lowest BCUT2D eigenvalue weighted by Crippen LogP contribution is -2.57. The molecule has 0 bridgehead atoms. The third-order valence-electron chi connectivity index (χ3n) is 7.32. The summed E-state index contributed by atoms with van der Waals surface area (Å²) >= 11 is 0. The molecule has 0 amide bonds. The summed E-state index contributed by atoms with van der Waals surface area (Å²) in [4.78, 5) is 2.41. The molecule has 0 N–H and O–H groups in total. The summed E-state index contributed by atoms with van der Waals surface area (Å²) in [6, 6.07) is 52.7. The standard InChI is InChI=1S/C34H24BN/c1-2-10-25(11-3-1)27-19-22-30(23-20-27)36-33-16-8-6-14-31(33)35(32-15-7-9-17-34(32)36)29-21-18-26-12-4-5-13-28(26)24-29/h1-24H. The van der Waals surface area contributed by atoms with Crippen LogP contribution < -0.4 is 21.3 Å². The normalized spacial score (nSPS) is 12.3. The summed E-state index contributed by atoms with van der Waals surface area (Å²) in [6.07, 6.45) is 0. The summed E-state index contributed by atoms with van der Waals surface area (Å²) < 4.78 is 0. The fraction of sp³-hybridized carbons (Fsp3) is 0. The Balaban J connectivity index is 1.39. The number of anilines is 3. The van der Waals surface area contributed by atoms with E-state index in [1.807, 2.05) is 0 Å². The molecule has 0 radical (unpaired) electrons. The first-order valence-electron chi connectivity index (χ1n) is 12.5. The second kappa shape index (κ2) is 8.59. The van der Waals surface area contributed by atoms with E-state index in [0.717, 1.165) is 0 Å². The van der Waals surface area contributed by atoms with Gasteiger partial charge in [0.05, 0.1) is 0 Å². The number of hydrogen-bond donors (Lipinski definition) is 0. The Hall–Kier alpha value is -4.56. The van der Waals surface area contributed by atoms with Gasteiger partial charge in [-0.15, -0.1) is 0 Å². The van der Waals surface area contributed by atoms with E-state index in [4.69, 9.17) is 0 Å². The van der Waals surface area contributed by atoms with Crippen molar-refractivity contribution in [3.8, 4) is 11.1 Å². The molecule has 0 unspecified atom stereocenters. The molecule has 0 aliphatic carbocycles. The smallest absolute Gasteiger partial charge is 0.246 e. The van der Waals surface area contributed by atoms with Crippen molar-refractivity contribution in [1.82, 2.24) is 0 Å². The molecule has 1 aliphatic rings. The quantitative estimate of drug-likeness (QED) is 0.264. The third kappa shape index (κ3) is 3.42. The van der Waals surface area contributed by atoms with Crippen molar-refractivity contribution in [2.24, 2.45) is 0 Å². The van der Waals surface area contributed by atoms with E-state index in [1.54, 1.807) is 0 Å². The van der Waals surface area contributed by atoms with Gasteiger partial charge in [-0.3, -0.25) is 0 Å². The Morgan fingerprint density at radius 2 is 0.972 bits per heavy atom. The topological polar surface area (TPSA) is 3.24 Å². The average Bonchev–Trinajstić information content (AvgIpc) is 2.96. The highest BCUT2D eigenvalue weighted by atomic mass is 15.1. The van der Waals surface area contributed by atoms with E-state index in [9.17, 15) is 0 Å². The van der Waals surface area contributed by atoms with Crippen LogP contribution in [0.2, 0.25) is 0 Å². The summed E-state index contributed by atoms with van der Waals surface area (Å²) in [5.74, 6) is 0. The first-order valence-corrected chi connectivity index (χ1v) is 12.5. The minimum atomic E-state index is 0.182. The molecule has 1 heterocycles. The van der Waals surface area contributed by atoms with Gasteiger partial charge in [0.15, 0.2) is 0 Å². The number of fused-ring (bicyclic) bond motifs is 3. The van der Waals surface area contributed by atoms with E-state index in [-0.39, 0.29) is 6.71 Å². The molecule has 2 heteroatoms. The van der Waals surface area contributed by atoms with Crippen LogP contribution in [0.4, 0.5) is 17.1 Å². The molecule has 1 aliphatic heterocycles. The second-order valence-electron chi connectivity index (χ2n) is 9.41. The van der Waals surface area contributed by atoms with Gasteiger partial charge in [-0.2, -0.15) is 0 Å². The van der Waals surface area contributed by atoms with Gasteiger partial charge < -0.3 is 4.90 Å². The van der Waals surface area contributed by atoms with Crippen molar-refractivity contribution < 1.29 is 0 Å². The zero-order valence-electron chi connectivity index (χ0n) is 19.9. The van der Waals surface area contributed by atoms with Gasteiger partial charge in [-0.25, -0.2) is 0 Å². The molecule has 6 aromatic rings. The van der Waals surface area contributed by atoms with Crippen molar-refractivity contribution in [2.45, 2.75) is 0 Å². The van der Waals surface area contributed by atoms with Gasteiger partial charge in [0, 0.05) is 17.1 Å². The largest absolute Gasteiger partial charge is 0.312 e. The summed E-state index contributed by atoms with van der Waals surface area (Å²) in [5, 5.41) is 2.56. The molecule has 0 fully saturated rings. The lowest BCUT2D eigenvalue weighted by molar-refractivity contribution is 1.29. The summed E-state index contributed by atoms with van der Waals surface area (Å²) in [6.45, 7) is 0.182. The highest BCUT2D eigenvalue weighted by molar-refractivity contribution is 6.98. The molecule has 6 aromatic carbocycles. The predicted molar refractivity (Wildman–Crippen MR) is 155 cm³/mol. The molecule has 0 saturated carbocycles. The minimum absolute atomic E-state index is 0.182. The molecule has 0 spiro atoms. The lowest BCUT2D eigenvalue weighted by atomic mass is 9.35. The number of benzene rings is 6. The van der Waals surface area contributed by atoms with Crippen molar-refractivity contribution in [3.63, 3.8) is 0 Å². The highest BCUT2D eigenvalue weighted by Gasteiger charge is 2.34. The van der Waals surface area contributed by atoms with Crippen molar-refractivity contribution >= 4 is 50.9 Å². The van der Waals surface area contributed by atoms with Crippen LogP contribution in [0.3, 0.4) is 0 Å². The summed E-state index contributed by atoms with van der Waals surface area (Å²) in [5.41, 5.74) is 10.1. The average molecular weight is 457 g/mol. The second-order valence-corrected chi connectivity index (χ2v) is 9.41. The zero-order valence-corrected chi connectivity index (χ0v) is 19.9. The maximum absolute atomic E-state index is 2.41. The molecular weight excluding hydrogens is 433 g/mol. The Kier molecular flexibility index (Phi) is 4.96. The summed E-state index contributed by atoms with van der Waals surface area (Å²) in [7, 11) is 0. The van der Waals surface area contributed by atoms with Crippen LogP contribution in [-0.2, 0) is 0 Å². The zero-order chi connectivity index (χ0) is 23.9. The Bertz CT molecular complexity index is 1640. The maximum Gasteiger partial charge on any atom is 0.246 e. The highest BCUT2D eigenvalue weighted by Crippen LogP contribution is 2.36. The van der Waals surface area contributed by atoms with Crippen LogP contribution >= 0.6 is 0 Å². The minimum Gasteiger partial charge on any atom is -0.312 e. The van der Waals surface area contributed by atoms with E-state index in [2.05, 4.69) is 150 Å². The van der Waals surface area contributed by atoms with Gasteiger partial charge in [-0.05, 0) is 57.1 Å². The fourth-order valence-corrected chi connectivity index (χ4v) is 5.63. The van der Waals surface area contributed by atoms with Gasteiger partial charge in [-0.1, -0.05) is 127 Å². The van der Waals surface area contributed by atoms with Crippen LogP contribution in [0.15, 0.2) is 146 Å². The number of para-hydroxylation sites is 2. The Labute approximate surface area is 212 Å². The van der Waals surface area contributed by atoms with E-state index >= 15 is 0 Å². The van der Waals surface area contributed by atoms with Gasteiger partial charge in [0.25, 0.3) is 0 Å². The molecule has 36 heavy (non-hydrogen) atoms. The number of nitrogens with zero attached hydrogens (tertiary/aromatic N) is 1. The molecule has 0 atom stereocenters. The molecule has 0 saturated heterocycles. The van der Waals surface area contributed by atoms with E-state index < -0.39 is 0 Å². The third-order valence-corrected chi connectivity index (χ3v) is 7.32. The monoisotopic (exact) mass is 457 g/mol. The molecule has 168 valence electrons. The Morgan fingerprint density at radius 3 is 1.67 bits per heavy atom. The first kappa shape index (κ1) is 20.8. The van der Waals surface area contributed by atoms with Crippen LogP contribution in [0.5, 0.6) is 0 Å². The maximum atomic E-state index is 2.41. The predicted octanol–water partition coefficient (Wildman–Crippen LogP) is 6.81. The van der Waals surface area contributed by atoms with Gasteiger partial charge in [0.1, 0.15) is 0 Å². The number of hydrogen-bond acceptors (Lipinski definition) is 1. The Morgan fingerprint density at radius 1 is 0.417 bits per heavy atom. The van der Waals surface area contributed by atoms with Crippen molar-refractivity contribution in [3.05, 3.63) is 146 Å². The van der Waals surface area contributed by atoms with E-state index in [1.165, 1.54) is 55.3 Å².